The Labute approximate surface area is 590 Å². The van der Waals surface area contributed by atoms with E-state index in [0.717, 1.165) is 20.8 Å². The van der Waals surface area contributed by atoms with E-state index in [0.29, 0.717) is 0 Å². The quantitative estimate of drug-likeness (QED) is 0.0244. The highest BCUT2D eigenvalue weighted by molar-refractivity contribution is 5.74. The molecule has 8 heterocycles. The average Bonchev–Trinajstić information content (AvgIpc) is 0.772. The van der Waals surface area contributed by atoms with Crippen LogP contribution in [0.15, 0.2) is 0 Å². The van der Waals surface area contributed by atoms with Crippen LogP contribution in [0.5, 0.6) is 0 Å². The maximum absolute atomic E-state index is 13.0. The van der Waals surface area contributed by atoms with Crippen LogP contribution in [-0.2, 0) is 95.0 Å². The number of carbonyl (C=O) groups is 4. The molecule has 0 spiro atoms. The van der Waals surface area contributed by atoms with E-state index >= 15 is 0 Å². The van der Waals surface area contributed by atoms with Gasteiger partial charge in [0.15, 0.2) is 37.7 Å². The molecular weight excluding hydrogens is 1420 g/mol. The van der Waals surface area contributed by atoms with Crippen LogP contribution in [0.2, 0.25) is 0 Å². The third-order valence-corrected chi connectivity index (χ3v) is 19.3. The summed E-state index contributed by atoms with van der Waals surface area (Å²) in [4.78, 5) is 49.8. The van der Waals surface area contributed by atoms with Crippen molar-refractivity contribution in [3.63, 3.8) is 0 Å². The third kappa shape index (κ3) is 19.0. The van der Waals surface area contributed by atoms with Crippen LogP contribution in [-0.4, -0.2) is 434 Å². The molecule has 0 radical (unpaired) electrons. The number of rotatable bonds is 29. The molecule has 8 aliphatic rings. The van der Waals surface area contributed by atoms with Crippen molar-refractivity contribution in [2.24, 2.45) is 5.92 Å². The fraction of sp³-hybridized carbons (Fsp3) is 0.932. The number of aliphatic hydroxyl groups is 22. The van der Waals surface area contributed by atoms with Gasteiger partial charge in [-0.1, -0.05) is 6.92 Å². The molecule has 45 heteroatoms. The number of amides is 3. The van der Waals surface area contributed by atoms with Crippen molar-refractivity contribution in [1.29, 1.82) is 0 Å². The van der Waals surface area contributed by atoms with E-state index in [9.17, 15) is 132 Å². The lowest BCUT2D eigenvalue weighted by molar-refractivity contribution is -0.424. The summed E-state index contributed by atoms with van der Waals surface area (Å²) in [6, 6.07) is -4.94. The van der Waals surface area contributed by atoms with Gasteiger partial charge in [0, 0.05) is 26.7 Å². The summed E-state index contributed by atoms with van der Waals surface area (Å²) in [5.74, 6) is -6.07. The first-order valence-corrected chi connectivity index (χ1v) is 33.4. The van der Waals surface area contributed by atoms with Gasteiger partial charge in [-0.25, -0.2) is 0 Å². The van der Waals surface area contributed by atoms with E-state index in [4.69, 9.17) is 75.8 Å². The lowest BCUT2D eigenvalue weighted by atomic mass is 9.87. The summed E-state index contributed by atoms with van der Waals surface area (Å²) in [7, 11) is 0. The van der Waals surface area contributed by atoms with E-state index in [1.165, 1.54) is 13.8 Å². The Morgan fingerprint density at radius 3 is 1.32 bits per heavy atom. The van der Waals surface area contributed by atoms with Crippen LogP contribution in [0.4, 0.5) is 0 Å². The van der Waals surface area contributed by atoms with E-state index in [1.54, 1.807) is 0 Å². The minimum atomic E-state index is -2.63. The number of ether oxygens (including phenoxy) is 16. The van der Waals surface area contributed by atoms with Crippen molar-refractivity contribution in [3.05, 3.63) is 0 Å². The summed E-state index contributed by atoms with van der Waals surface area (Å²) in [6.07, 6.45) is -71.9. The van der Waals surface area contributed by atoms with Gasteiger partial charge in [-0.05, 0) is 6.92 Å². The fourth-order valence-electron chi connectivity index (χ4n) is 13.5. The molecule has 8 saturated heterocycles. The van der Waals surface area contributed by atoms with Gasteiger partial charge in [-0.2, -0.15) is 0 Å². The Morgan fingerprint density at radius 2 is 0.827 bits per heavy atom. The fourth-order valence-corrected chi connectivity index (χ4v) is 13.5. The van der Waals surface area contributed by atoms with Gasteiger partial charge in [0.05, 0.1) is 83.6 Å². The number of nitrogens with one attached hydrogen (secondary N) is 3. The average molecular weight is 1520 g/mol. The molecule has 0 aromatic rings. The highest BCUT2D eigenvalue weighted by Crippen LogP contribution is 2.41. The first-order valence-electron chi connectivity index (χ1n) is 33.4. The zero-order valence-electron chi connectivity index (χ0n) is 56.5. The summed E-state index contributed by atoms with van der Waals surface area (Å²) in [5.41, 5.74) is 0. The van der Waals surface area contributed by atoms with Crippen LogP contribution in [0.1, 0.15) is 41.0 Å². The number of hydrogen-bond donors (Lipinski definition) is 25. The normalized spacial score (nSPS) is 47.9. The number of carbonyl (C=O) groups excluding carboxylic acids is 4. The molecule has 25 N–H and O–H groups in total. The smallest absolute Gasteiger partial charge is 0.332 e. The first-order chi connectivity index (χ1) is 49.1. The molecule has 8 fully saturated rings. The molecule has 3 amide bonds. The van der Waals surface area contributed by atoms with Crippen LogP contribution in [0.3, 0.4) is 0 Å². The SMILES string of the molecule is CC(=O)NC1[C@H](OC2C(O)[C@@H](O)C(CO)O[C@H]2O[C@@H]2C(O)[C@H](O[C@H]3C(CO)O[C@@H](O[C@H]4C(CO)O[C@@H](C)C(NC(C)=O)[C@H]4O)C(NC(C)=O)[C@H]3O)OC(CO[C@@H]3OC(CO)[C@H](O)[C@H](O)C3O)[C@@H]2O)OC(CO)[C@H](O[C@@H]2OC(CO[C@]3(OC=O)C[C@H](O)[C@@H](C)C([C@H](O)[C@@H](O)CO)O3)[C@H](O)[C@H](O)C2O)[C@@H]1O. The van der Waals surface area contributed by atoms with Gasteiger partial charge in [-0.15, -0.1) is 0 Å². The molecule has 16 unspecified atom stereocenters. The Morgan fingerprint density at radius 1 is 0.433 bits per heavy atom. The Hall–Kier alpha value is -3.60. The molecule has 8 rings (SSSR count). The Bertz CT molecular complexity index is 2710. The predicted molar refractivity (Wildman–Crippen MR) is 323 cm³/mol. The van der Waals surface area contributed by atoms with E-state index < -0.39 is 328 Å². The molecule has 45 nitrogen and oxygen atoms in total. The summed E-state index contributed by atoms with van der Waals surface area (Å²) < 4.78 is 93.8. The highest BCUT2D eigenvalue weighted by Gasteiger charge is 2.60. The summed E-state index contributed by atoms with van der Waals surface area (Å²) in [5, 5.41) is 250. The van der Waals surface area contributed by atoms with Crippen LogP contribution in [0, 0.1) is 5.92 Å². The van der Waals surface area contributed by atoms with Gasteiger partial charge in [0.25, 0.3) is 6.47 Å². The van der Waals surface area contributed by atoms with Crippen molar-refractivity contribution in [2.45, 2.75) is 286 Å². The van der Waals surface area contributed by atoms with Gasteiger partial charge in [-0.3, -0.25) is 19.2 Å². The number of hydrogen-bond acceptors (Lipinski definition) is 42. The lowest BCUT2D eigenvalue weighted by Crippen LogP contribution is -2.71. The van der Waals surface area contributed by atoms with Crippen LogP contribution >= 0.6 is 0 Å². The maximum atomic E-state index is 13.0. The largest absolute Gasteiger partial charge is 0.410 e. The Kier molecular flexibility index (Phi) is 30.9. The molecule has 41 atom stereocenters. The van der Waals surface area contributed by atoms with Gasteiger partial charge in [0.1, 0.15) is 177 Å². The standard InChI is InChI=1S/C59H99N3O42/c1-16-21(73)6-59(91-15-69,104-47(16)33(75)22(74)7-63)90-14-29-36(78)42(84)45(87)56(98-29)100-49-26(11-67)96-54(32(40(49)82)62-20(5)72)103-52-43(85)35(77)24(9-65)94-58(52)102-51-37(79)28(13-89-55-44(86)41(83)34(76)23(8-64)93-55)97-57(46(51)88)101-50-27(12-68)95-53(31(39(50)81)61-19(4)71)99-48-25(10-66)92-17(2)30(38(48)80)60-18(3)70/h15-17,21-58,63-68,73-88H,6-14H2,1-5H3,(H,60,70)(H,61,71)(H,62,72)/t16-,17+,21+,22+,23?,24?,25?,26?,27?,28?,29?,30?,31?,32?,33-,34+,35+,36+,37+,38-,39-,40-,41+,42+,43?,44?,45?,46?,47?,48+,49+,50+,51+,52?,53+,54+,55-,56+,57+,58+,59+/m1/s1. The zero-order chi connectivity index (χ0) is 76.8. The molecule has 0 aliphatic carbocycles. The van der Waals surface area contributed by atoms with E-state index in [2.05, 4.69) is 16.0 Å². The molecule has 0 bridgehead atoms. The minimum absolute atomic E-state index is 0.175. The maximum Gasteiger partial charge on any atom is 0.332 e. The third-order valence-electron chi connectivity index (χ3n) is 19.3. The van der Waals surface area contributed by atoms with Crippen molar-refractivity contribution in [2.75, 3.05) is 52.9 Å². The lowest BCUT2D eigenvalue weighted by Gasteiger charge is -2.51. The van der Waals surface area contributed by atoms with E-state index in [-0.39, 0.29) is 6.47 Å². The molecule has 0 aromatic carbocycles. The van der Waals surface area contributed by atoms with E-state index in [1.807, 2.05) is 0 Å². The second-order valence-electron chi connectivity index (χ2n) is 26.6. The topological polar surface area (TPSA) is 697 Å². The molecule has 8 aliphatic heterocycles. The van der Waals surface area contributed by atoms with Crippen molar-refractivity contribution in [3.8, 4) is 0 Å². The predicted octanol–water partition coefficient (Wildman–Crippen LogP) is -16.4. The number of aliphatic hydroxyl groups excluding tert-OH is 22. The second-order valence-corrected chi connectivity index (χ2v) is 26.6. The summed E-state index contributed by atoms with van der Waals surface area (Å²) in [6.45, 7) is -2.40. The highest BCUT2D eigenvalue weighted by atomic mass is 16.9. The van der Waals surface area contributed by atoms with Gasteiger partial charge < -0.3 is 204 Å². The van der Waals surface area contributed by atoms with Crippen LogP contribution in [0.25, 0.3) is 0 Å². The van der Waals surface area contributed by atoms with Crippen LogP contribution < -0.4 is 16.0 Å². The molecule has 602 valence electrons. The summed E-state index contributed by atoms with van der Waals surface area (Å²) >= 11 is 0. The van der Waals surface area contributed by atoms with Gasteiger partial charge >= 0.3 is 5.97 Å². The van der Waals surface area contributed by atoms with Crippen molar-refractivity contribution in [1.82, 2.24) is 16.0 Å². The van der Waals surface area contributed by atoms with Crippen molar-refractivity contribution < 1.29 is 207 Å². The van der Waals surface area contributed by atoms with Crippen molar-refractivity contribution >= 4 is 24.2 Å². The molecule has 0 aromatic heterocycles. The monoisotopic (exact) mass is 1520 g/mol. The molecule has 0 saturated carbocycles. The zero-order valence-corrected chi connectivity index (χ0v) is 56.5. The van der Waals surface area contributed by atoms with Gasteiger partial charge in [0.2, 0.25) is 17.7 Å². The molecular formula is C59H99N3O42. The first kappa shape index (κ1) is 86.0. The molecule has 104 heavy (non-hydrogen) atoms. The minimum Gasteiger partial charge on any atom is -0.410 e. The Balaban J connectivity index is 1.06. The second kappa shape index (κ2) is 37.4.